The Balaban J connectivity index is 1.73. The van der Waals surface area contributed by atoms with Crippen molar-refractivity contribution in [3.63, 3.8) is 0 Å². The first-order valence-corrected chi connectivity index (χ1v) is 14.0. The summed E-state index contributed by atoms with van der Waals surface area (Å²) in [6.07, 6.45) is 2.93. The van der Waals surface area contributed by atoms with Gasteiger partial charge in [-0.3, -0.25) is 4.79 Å². The molecular formula is C33H39N3O4. The minimum Gasteiger partial charge on any atom is -0.465 e. The minimum absolute atomic E-state index is 0.0936. The van der Waals surface area contributed by atoms with Crippen molar-refractivity contribution >= 4 is 28.7 Å². The van der Waals surface area contributed by atoms with Gasteiger partial charge in [0.2, 0.25) is 0 Å². The molecule has 40 heavy (non-hydrogen) atoms. The van der Waals surface area contributed by atoms with Crippen LogP contribution in [0.15, 0.2) is 66.7 Å². The predicted octanol–water partition coefficient (Wildman–Crippen LogP) is 7.02. The zero-order valence-corrected chi connectivity index (χ0v) is 24.1. The second-order valence-corrected chi connectivity index (χ2v) is 10.8. The summed E-state index contributed by atoms with van der Waals surface area (Å²) in [4.78, 5) is 30.2. The number of hydrogen-bond acceptors (Lipinski definition) is 6. The molecule has 4 rings (SSSR count). The lowest BCUT2D eigenvalue weighted by Gasteiger charge is -2.21. The maximum absolute atomic E-state index is 13.4. The number of hydrogen-bond donors (Lipinski definition) is 1. The number of nitrogens with zero attached hydrogens (tertiary/aromatic N) is 2. The van der Waals surface area contributed by atoms with Crippen molar-refractivity contribution in [3.05, 3.63) is 83.7 Å². The zero-order valence-electron chi connectivity index (χ0n) is 24.1. The van der Waals surface area contributed by atoms with Gasteiger partial charge in [0.15, 0.2) is 0 Å². The molecule has 0 aliphatic rings. The van der Waals surface area contributed by atoms with Crippen molar-refractivity contribution in [3.8, 4) is 11.1 Å². The number of aryl methyl sites for hydroxylation is 1. The van der Waals surface area contributed by atoms with Gasteiger partial charge in [-0.15, -0.1) is 0 Å². The highest BCUT2D eigenvalue weighted by Gasteiger charge is 2.22. The molecule has 7 heteroatoms. The molecule has 0 aliphatic carbocycles. The van der Waals surface area contributed by atoms with E-state index in [2.05, 4.69) is 22.9 Å². The first-order valence-electron chi connectivity index (χ1n) is 14.0. The number of carbonyl (C=O) groups is 2. The molecule has 1 heterocycles. The standard InChI is InChI=1S/C33H39N3O4/c1-6-8-14-30-35-28-18-16-25(34-21-31(37)39-7-2)20-29(28)36(30)22-23-15-17-26(24-12-10-9-11-13-24)27(19-23)32(38)40-33(3,4)5/h9-13,15-20,34H,6-8,14,21-22H2,1-5H3. The molecule has 1 aromatic heterocycles. The number of benzene rings is 3. The maximum atomic E-state index is 13.4. The third-order valence-electron chi connectivity index (χ3n) is 6.45. The molecule has 0 aliphatic heterocycles. The van der Waals surface area contributed by atoms with Gasteiger partial charge >= 0.3 is 11.9 Å². The lowest BCUT2D eigenvalue weighted by molar-refractivity contribution is -0.140. The average Bonchev–Trinajstić information content (AvgIpc) is 3.26. The van der Waals surface area contributed by atoms with Gasteiger partial charge in [0.05, 0.1) is 23.2 Å². The number of rotatable bonds is 11. The Morgan fingerprint density at radius 1 is 0.975 bits per heavy atom. The molecule has 1 N–H and O–H groups in total. The van der Waals surface area contributed by atoms with E-state index in [1.807, 2.05) is 81.4 Å². The van der Waals surface area contributed by atoms with E-state index >= 15 is 0 Å². The number of aromatic nitrogens is 2. The molecule has 7 nitrogen and oxygen atoms in total. The molecule has 0 fully saturated rings. The van der Waals surface area contributed by atoms with Gasteiger partial charge in [-0.2, -0.15) is 0 Å². The Kier molecular flexibility index (Phi) is 9.25. The van der Waals surface area contributed by atoms with Crippen LogP contribution in [0.25, 0.3) is 22.2 Å². The van der Waals surface area contributed by atoms with Crippen LogP contribution in [0.3, 0.4) is 0 Å². The number of carbonyl (C=O) groups excluding carboxylic acids is 2. The Hall–Kier alpha value is -4.13. The van der Waals surface area contributed by atoms with E-state index in [-0.39, 0.29) is 18.5 Å². The molecule has 0 saturated carbocycles. The Bertz CT molecular complexity index is 1470. The third-order valence-corrected chi connectivity index (χ3v) is 6.45. The molecular weight excluding hydrogens is 502 g/mol. The summed E-state index contributed by atoms with van der Waals surface area (Å²) in [5.74, 6) is 0.346. The van der Waals surface area contributed by atoms with E-state index in [9.17, 15) is 9.59 Å². The lowest BCUT2D eigenvalue weighted by Crippen LogP contribution is -2.24. The molecule has 0 unspecified atom stereocenters. The molecule has 210 valence electrons. The summed E-state index contributed by atoms with van der Waals surface area (Å²) in [6, 6.07) is 21.8. The minimum atomic E-state index is -0.609. The summed E-state index contributed by atoms with van der Waals surface area (Å²) in [5, 5.41) is 3.16. The quantitative estimate of drug-likeness (QED) is 0.205. The SMILES string of the molecule is CCCCc1nc2ccc(NCC(=O)OCC)cc2n1Cc1ccc(-c2ccccc2)c(C(=O)OC(C)(C)C)c1. The number of ether oxygens (including phenoxy) is 2. The summed E-state index contributed by atoms with van der Waals surface area (Å²) in [5.41, 5.74) is 5.37. The number of anilines is 1. The highest BCUT2D eigenvalue weighted by molar-refractivity contribution is 5.97. The van der Waals surface area contributed by atoms with Crippen LogP contribution >= 0.6 is 0 Å². The zero-order chi connectivity index (χ0) is 28.7. The predicted molar refractivity (Wildman–Crippen MR) is 160 cm³/mol. The topological polar surface area (TPSA) is 82.5 Å². The summed E-state index contributed by atoms with van der Waals surface area (Å²) < 4.78 is 13.1. The van der Waals surface area contributed by atoms with E-state index in [0.29, 0.717) is 18.7 Å². The van der Waals surface area contributed by atoms with Crippen molar-refractivity contribution in [2.45, 2.75) is 66.0 Å². The van der Waals surface area contributed by atoms with Crippen LogP contribution in [-0.2, 0) is 27.2 Å². The van der Waals surface area contributed by atoms with Crippen LogP contribution in [0.1, 0.15) is 69.2 Å². The van der Waals surface area contributed by atoms with Crippen LogP contribution in [0.4, 0.5) is 5.69 Å². The monoisotopic (exact) mass is 541 g/mol. The van der Waals surface area contributed by atoms with Crippen LogP contribution in [-0.4, -0.2) is 40.2 Å². The lowest BCUT2D eigenvalue weighted by atomic mass is 9.97. The fourth-order valence-corrected chi connectivity index (χ4v) is 4.61. The normalized spacial score (nSPS) is 11.4. The van der Waals surface area contributed by atoms with Crippen molar-refractivity contribution < 1.29 is 19.1 Å². The van der Waals surface area contributed by atoms with Gasteiger partial charge in [-0.1, -0.05) is 55.8 Å². The first kappa shape index (κ1) is 28.9. The molecule has 0 saturated heterocycles. The molecule has 0 atom stereocenters. The van der Waals surface area contributed by atoms with Crippen LogP contribution < -0.4 is 5.32 Å². The molecule has 0 bridgehead atoms. The largest absolute Gasteiger partial charge is 0.465 e. The van der Waals surface area contributed by atoms with Crippen LogP contribution in [0.5, 0.6) is 0 Å². The Morgan fingerprint density at radius 2 is 1.75 bits per heavy atom. The van der Waals surface area contributed by atoms with Crippen molar-refractivity contribution in [2.24, 2.45) is 0 Å². The molecule has 0 amide bonds. The van der Waals surface area contributed by atoms with Gasteiger partial charge < -0.3 is 19.4 Å². The number of esters is 2. The smallest absolute Gasteiger partial charge is 0.339 e. The average molecular weight is 542 g/mol. The van der Waals surface area contributed by atoms with Gasteiger partial charge in [-0.25, -0.2) is 9.78 Å². The van der Waals surface area contributed by atoms with E-state index in [1.165, 1.54) is 0 Å². The van der Waals surface area contributed by atoms with Crippen LogP contribution in [0, 0.1) is 0 Å². The van der Waals surface area contributed by atoms with Gasteiger partial charge in [0.25, 0.3) is 0 Å². The first-order chi connectivity index (χ1) is 19.2. The fourth-order valence-electron chi connectivity index (χ4n) is 4.61. The highest BCUT2D eigenvalue weighted by Crippen LogP contribution is 2.29. The maximum Gasteiger partial charge on any atom is 0.339 e. The molecule has 0 radical (unpaired) electrons. The Morgan fingerprint density at radius 3 is 2.45 bits per heavy atom. The second-order valence-electron chi connectivity index (χ2n) is 10.8. The summed E-state index contributed by atoms with van der Waals surface area (Å²) in [6.45, 7) is 10.6. The fraction of sp³-hybridized carbons (Fsp3) is 0.364. The van der Waals surface area contributed by atoms with E-state index in [0.717, 1.165) is 58.5 Å². The number of unbranched alkanes of at least 4 members (excludes halogenated alkanes) is 1. The van der Waals surface area contributed by atoms with E-state index < -0.39 is 5.60 Å². The van der Waals surface area contributed by atoms with E-state index in [4.69, 9.17) is 14.5 Å². The summed E-state index contributed by atoms with van der Waals surface area (Å²) >= 11 is 0. The number of nitrogens with one attached hydrogen (secondary N) is 1. The second kappa shape index (κ2) is 12.8. The van der Waals surface area contributed by atoms with Crippen molar-refractivity contribution in [1.29, 1.82) is 0 Å². The van der Waals surface area contributed by atoms with Gasteiger partial charge in [0.1, 0.15) is 18.0 Å². The molecule has 4 aromatic rings. The molecule has 0 spiro atoms. The third kappa shape index (κ3) is 7.29. The van der Waals surface area contributed by atoms with E-state index in [1.54, 1.807) is 6.92 Å². The van der Waals surface area contributed by atoms with Gasteiger partial charge in [0, 0.05) is 18.7 Å². The van der Waals surface area contributed by atoms with Crippen molar-refractivity contribution in [2.75, 3.05) is 18.5 Å². The number of imidazole rings is 1. The molecule has 3 aromatic carbocycles. The summed E-state index contributed by atoms with van der Waals surface area (Å²) in [7, 11) is 0. The Labute approximate surface area is 236 Å². The van der Waals surface area contributed by atoms with Crippen molar-refractivity contribution in [1.82, 2.24) is 9.55 Å². The number of fused-ring (bicyclic) bond motifs is 1. The van der Waals surface area contributed by atoms with Crippen LogP contribution in [0.2, 0.25) is 0 Å². The van der Waals surface area contributed by atoms with Gasteiger partial charge in [-0.05, 0) is 75.1 Å². The highest BCUT2D eigenvalue weighted by atomic mass is 16.6.